The van der Waals surface area contributed by atoms with E-state index in [2.05, 4.69) is 12.2 Å². The van der Waals surface area contributed by atoms with Crippen molar-refractivity contribution in [3.8, 4) is 0 Å². The van der Waals surface area contributed by atoms with Gasteiger partial charge in [0.25, 0.3) is 11.7 Å². The highest BCUT2D eigenvalue weighted by atomic mass is 127. The van der Waals surface area contributed by atoms with E-state index in [9.17, 15) is 13.6 Å². The summed E-state index contributed by atoms with van der Waals surface area (Å²) in [6.07, 6.45) is 4.61. The van der Waals surface area contributed by atoms with Crippen LogP contribution in [0.4, 0.5) is 14.5 Å². The van der Waals surface area contributed by atoms with Gasteiger partial charge < -0.3 is 29.3 Å². The first kappa shape index (κ1) is 21.7. The molecule has 4 nitrogen and oxygen atoms in total. The van der Waals surface area contributed by atoms with Crippen molar-refractivity contribution < 1.29 is 42.1 Å². The van der Waals surface area contributed by atoms with Crippen molar-refractivity contribution in [3.63, 3.8) is 0 Å². The Kier molecular flexibility index (Phi) is 6.87. The van der Waals surface area contributed by atoms with E-state index in [1.54, 1.807) is 6.07 Å². The SMILES string of the molecule is CCc1ccc(NC(=O)Cn2c3[n+](c4c(F)c(F)ccc42)CCCCC3)cc1.[I-]. The van der Waals surface area contributed by atoms with Gasteiger partial charge in [0, 0.05) is 12.1 Å². The first-order chi connectivity index (χ1) is 13.6. The zero-order chi connectivity index (χ0) is 19.7. The summed E-state index contributed by atoms with van der Waals surface area (Å²) in [5.41, 5.74) is 2.76. The number of carbonyl (C=O) groups is 1. The van der Waals surface area contributed by atoms with Gasteiger partial charge in [-0.1, -0.05) is 19.1 Å². The molecule has 0 aliphatic carbocycles. The van der Waals surface area contributed by atoms with Crippen LogP contribution in [0.2, 0.25) is 0 Å². The molecule has 154 valence electrons. The Labute approximate surface area is 185 Å². The van der Waals surface area contributed by atoms with Crippen LogP contribution < -0.4 is 33.9 Å². The van der Waals surface area contributed by atoms with Crippen molar-refractivity contribution >= 4 is 22.6 Å². The molecular weight excluding hydrogens is 487 g/mol. The largest absolute Gasteiger partial charge is 1.00 e. The highest BCUT2D eigenvalue weighted by Crippen LogP contribution is 2.23. The molecular formula is C22H24F2IN3O. The van der Waals surface area contributed by atoms with Crippen LogP contribution in [0.1, 0.15) is 37.6 Å². The standard InChI is InChI=1S/C22H23F2N3O.HI/c1-2-15-7-9-16(10-8-15)25-19(28)14-27-18-12-11-17(23)21(24)22(18)26-13-5-3-4-6-20(26)27;/h7-12H,2-6,13-14H2,1H3;1H. The van der Waals surface area contributed by atoms with Gasteiger partial charge in [-0.15, -0.1) is 0 Å². The molecule has 1 N–H and O–H groups in total. The van der Waals surface area contributed by atoms with Gasteiger partial charge in [0.05, 0.1) is 6.54 Å². The van der Waals surface area contributed by atoms with Crippen LogP contribution in [0.15, 0.2) is 36.4 Å². The van der Waals surface area contributed by atoms with Crippen LogP contribution in [0.5, 0.6) is 0 Å². The Balaban J connectivity index is 0.00000240. The Morgan fingerprint density at radius 1 is 1.10 bits per heavy atom. The number of nitrogens with zero attached hydrogens (tertiary/aromatic N) is 2. The number of nitrogens with one attached hydrogen (secondary N) is 1. The van der Waals surface area contributed by atoms with Crippen molar-refractivity contribution in [1.29, 1.82) is 0 Å². The van der Waals surface area contributed by atoms with Crippen LogP contribution in [0.25, 0.3) is 11.0 Å². The lowest BCUT2D eigenvalue weighted by atomic mass is 10.1. The molecule has 0 saturated carbocycles. The fourth-order valence-corrected chi connectivity index (χ4v) is 4.00. The first-order valence-corrected chi connectivity index (χ1v) is 9.86. The predicted molar refractivity (Wildman–Crippen MR) is 104 cm³/mol. The van der Waals surface area contributed by atoms with Gasteiger partial charge in [-0.05, 0) is 55.5 Å². The lowest BCUT2D eigenvalue weighted by Gasteiger charge is -2.06. The molecule has 1 aliphatic rings. The molecule has 2 heterocycles. The van der Waals surface area contributed by atoms with Crippen molar-refractivity contribution in [2.24, 2.45) is 0 Å². The number of imidazole rings is 1. The number of aryl methyl sites for hydroxylation is 2. The van der Waals surface area contributed by atoms with E-state index in [0.29, 0.717) is 12.1 Å². The molecule has 2 aromatic carbocycles. The third-order valence-electron chi connectivity index (χ3n) is 5.46. The van der Waals surface area contributed by atoms with E-state index in [0.717, 1.165) is 49.7 Å². The topological polar surface area (TPSA) is 37.9 Å². The Hall–Kier alpha value is -2.03. The lowest BCUT2D eigenvalue weighted by molar-refractivity contribution is -0.679. The number of hydrogen-bond acceptors (Lipinski definition) is 1. The minimum Gasteiger partial charge on any atom is -1.00 e. The van der Waals surface area contributed by atoms with E-state index < -0.39 is 11.6 Å². The van der Waals surface area contributed by atoms with Gasteiger partial charge in [-0.2, -0.15) is 4.39 Å². The number of halogens is 3. The van der Waals surface area contributed by atoms with Gasteiger partial charge in [-0.3, -0.25) is 4.79 Å². The van der Waals surface area contributed by atoms with Crippen molar-refractivity contribution in [1.82, 2.24) is 4.57 Å². The zero-order valence-electron chi connectivity index (χ0n) is 16.4. The molecule has 0 radical (unpaired) electrons. The molecule has 0 saturated heterocycles. The maximum absolute atomic E-state index is 14.6. The van der Waals surface area contributed by atoms with E-state index in [1.807, 2.05) is 33.4 Å². The molecule has 1 aliphatic heterocycles. The minimum absolute atomic E-state index is 0. The maximum Gasteiger partial charge on any atom is 0.266 e. The molecule has 0 atom stereocenters. The first-order valence-electron chi connectivity index (χ1n) is 9.86. The molecule has 7 heteroatoms. The van der Waals surface area contributed by atoms with Crippen molar-refractivity contribution in [2.75, 3.05) is 5.32 Å². The average Bonchev–Trinajstić information content (AvgIpc) is 2.84. The van der Waals surface area contributed by atoms with E-state index in [4.69, 9.17) is 0 Å². The Morgan fingerprint density at radius 2 is 1.86 bits per heavy atom. The normalized spacial score (nSPS) is 13.5. The van der Waals surface area contributed by atoms with Crippen LogP contribution >= 0.6 is 0 Å². The number of benzene rings is 2. The maximum atomic E-state index is 14.6. The monoisotopic (exact) mass is 511 g/mol. The molecule has 0 unspecified atom stereocenters. The number of carbonyl (C=O) groups excluding carboxylic acids is 1. The van der Waals surface area contributed by atoms with Crippen LogP contribution in [-0.2, 0) is 30.7 Å². The summed E-state index contributed by atoms with van der Waals surface area (Å²) >= 11 is 0. The third kappa shape index (κ3) is 4.29. The number of rotatable bonds is 4. The van der Waals surface area contributed by atoms with Gasteiger partial charge in [-0.25, -0.2) is 13.5 Å². The molecule has 1 amide bonds. The summed E-state index contributed by atoms with van der Waals surface area (Å²) in [6, 6.07) is 10.4. The Morgan fingerprint density at radius 3 is 2.59 bits per heavy atom. The highest BCUT2D eigenvalue weighted by Gasteiger charge is 2.31. The second-order valence-electron chi connectivity index (χ2n) is 7.29. The molecule has 0 spiro atoms. The minimum atomic E-state index is -0.857. The molecule has 0 fully saturated rings. The third-order valence-corrected chi connectivity index (χ3v) is 5.46. The summed E-state index contributed by atoms with van der Waals surface area (Å²) in [6.45, 7) is 2.79. The zero-order valence-corrected chi connectivity index (χ0v) is 18.5. The molecule has 4 rings (SSSR count). The van der Waals surface area contributed by atoms with E-state index in [-0.39, 0.29) is 41.9 Å². The second kappa shape index (κ2) is 9.19. The fourth-order valence-electron chi connectivity index (χ4n) is 4.00. The molecule has 0 bridgehead atoms. The van der Waals surface area contributed by atoms with E-state index >= 15 is 0 Å². The van der Waals surface area contributed by atoms with Crippen molar-refractivity contribution in [2.45, 2.75) is 52.1 Å². The number of anilines is 1. The van der Waals surface area contributed by atoms with Crippen LogP contribution in [-0.4, -0.2) is 10.5 Å². The number of aromatic nitrogens is 2. The smallest absolute Gasteiger partial charge is 0.266 e. The Bertz CT molecular complexity index is 1030. The van der Waals surface area contributed by atoms with Gasteiger partial charge in [0.15, 0.2) is 17.9 Å². The van der Waals surface area contributed by atoms with Gasteiger partial charge >= 0.3 is 0 Å². The van der Waals surface area contributed by atoms with Gasteiger partial charge in [0.2, 0.25) is 11.3 Å². The molecule has 3 aromatic rings. The highest BCUT2D eigenvalue weighted by molar-refractivity contribution is 5.91. The fraction of sp³-hybridized carbons (Fsp3) is 0.364. The number of fused-ring (bicyclic) bond motifs is 3. The van der Waals surface area contributed by atoms with Crippen molar-refractivity contribution in [3.05, 3.63) is 59.4 Å². The molecule has 1 aromatic heterocycles. The molecule has 29 heavy (non-hydrogen) atoms. The average molecular weight is 511 g/mol. The van der Waals surface area contributed by atoms with Gasteiger partial charge in [0.1, 0.15) is 0 Å². The summed E-state index contributed by atoms with van der Waals surface area (Å²) in [5, 5.41) is 2.91. The summed E-state index contributed by atoms with van der Waals surface area (Å²) < 4.78 is 32.1. The van der Waals surface area contributed by atoms with Crippen LogP contribution in [0.3, 0.4) is 0 Å². The number of amides is 1. The second-order valence-corrected chi connectivity index (χ2v) is 7.29. The lowest BCUT2D eigenvalue weighted by Crippen LogP contribution is -3.00. The predicted octanol–water partition coefficient (Wildman–Crippen LogP) is 1.14. The summed E-state index contributed by atoms with van der Waals surface area (Å²) in [5.74, 6) is -0.994. The summed E-state index contributed by atoms with van der Waals surface area (Å²) in [4.78, 5) is 12.7. The quantitative estimate of drug-likeness (QED) is 0.415. The number of hydrogen-bond donors (Lipinski definition) is 1. The van der Waals surface area contributed by atoms with Crippen LogP contribution in [0, 0.1) is 11.6 Å². The summed E-state index contributed by atoms with van der Waals surface area (Å²) in [7, 11) is 0. The van der Waals surface area contributed by atoms with E-state index in [1.165, 1.54) is 5.56 Å².